The van der Waals surface area contributed by atoms with E-state index in [0.717, 1.165) is 26.1 Å². The van der Waals surface area contributed by atoms with E-state index in [1.165, 1.54) is 12.8 Å². The lowest BCUT2D eigenvalue weighted by Crippen LogP contribution is -2.36. The second-order valence-electron chi connectivity index (χ2n) is 5.75. The molecule has 0 aromatic carbocycles. The number of likely N-dealkylation sites (tertiary alicyclic amines) is 1. The molecule has 0 spiro atoms. The van der Waals surface area contributed by atoms with Crippen molar-refractivity contribution in [1.82, 2.24) is 19.9 Å². The lowest BCUT2D eigenvalue weighted by atomic mass is 9.97. The molecule has 1 aliphatic rings. The molecule has 118 valence electrons. The van der Waals surface area contributed by atoms with Crippen LogP contribution in [0.25, 0.3) is 0 Å². The van der Waals surface area contributed by atoms with Gasteiger partial charge in [-0.3, -0.25) is 0 Å². The van der Waals surface area contributed by atoms with E-state index in [2.05, 4.69) is 26.9 Å². The van der Waals surface area contributed by atoms with Crippen LogP contribution in [-0.4, -0.2) is 60.2 Å². The van der Waals surface area contributed by atoms with E-state index < -0.39 is 0 Å². The standard InChI is InChI=1S/C14H26N6O/c1-4-9-21-14-17-12(15)16-13(18-14)20(3)10-11-5-7-19(2)8-6-11/h11H,4-10H2,1-3H3,(H2,15,16,17,18). The Hall–Kier alpha value is -1.63. The smallest absolute Gasteiger partial charge is 0.323 e. The van der Waals surface area contributed by atoms with E-state index in [0.29, 0.717) is 24.5 Å². The van der Waals surface area contributed by atoms with E-state index >= 15 is 0 Å². The van der Waals surface area contributed by atoms with Crippen LogP contribution in [0.15, 0.2) is 0 Å². The number of piperidine rings is 1. The number of ether oxygens (including phenoxy) is 1. The van der Waals surface area contributed by atoms with Crippen molar-refractivity contribution in [2.75, 3.05) is 51.0 Å². The van der Waals surface area contributed by atoms with Gasteiger partial charge in [-0.25, -0.2) is 0 Å². The molecule has 2 heterocycles. The minimum absolute atomic E-state index is 0.210. The molecule has 1 aromatic rings. The highest BCUT2D eigenvalue weighted by Crippen LogP contribution is 2.20. The summed E-state index contributed by atoms with van der Waals surface area (Å²) in [7, 11) is 4.17. The molecule has 1 saturated heterocycles. The van der Waals surface area contributed by atoms with E-state index in [1.54, 1.807) is 0 Å². The quantitative estimate of drug-likeness (QED) is 0.839. The van der Waals surface area contributed by atoms with Crippen molar-refractivity contribution in [3.63, 3.8) is 0 Å². The van der Waals surface area contributed by atoms with Crippen molar-refractivity contribution in [1.29, 1.82) is 0 Å². The Kier molecular flexibility index (Phi) is 5.55. The number of nitrogen functional groups attached to an aromatic ring is 1. The van der Waals surface area contributed by atoms with Crippen LogP contribution in [0.3, 0.4) is 0 Å². The van der Waals surface area contributed by atoms with Gasteiger partial charge in [0.25, 0.3) is 0 Å². The summed E-state index contributed by atoms with van der Waals surface area (Å²) >= 11 is 0. The maximum atomic E-state index is 5.74. The summed E-state index contributed by atoms with van der Waals surface area (Å²) < 4.78 is 5.46. The van der Waals surface area contributed by atoms with Gasteiger partial charge in [-0.1, -0.05) is 6.92 Å². The fraction of sp³-hybridized carbons (Fsp3) is 0.786. The number of nitrogens with two attached hydrogens (primary N) is 1. The molecule has 2 rings (SSSR count). The number of rotatable bonds is 6. The molecule has 0 atom stereocenters. The van der Waals surface area contributed by atoms with Crippen LogP contribution in [0.4, 0.5) is 11.9 Å². The first kappa shape index (κ1) is 15.8. The summed E-state index contributed by atoms with van der Waals surface area (Å²) in [6, 6.07) is 0.314. The summed E-state index contributed by atoms with van der Waals surface area (Å²) in [4.78, 5) is 17.0. The molecule has 0 unspecified atom stereocenters. The maximum Gasteiger partial charge on any atom is 0.323 e. The van der Waals surface area contributed by atoms with Crippen molar-refractivity contribution >= 4 is 11.9 Å². The number of nitrogens with zero attached hydrogens (tertiary/aromatic N) is 5. The van der Waals surface area contributed by atoms with Crippen LogP contribution >= 0.6 is 0 Å². The Labute approximate surface area is 126 Å². The van der Waals surface area contributed by atoms with Crippen LogP contribution < -0.4 is 15.4 Å². The van der Waals surface area contributed by atoms with Gasteiger partial charge in [0.05, 0.1) is 6.61 Å². The molecule has 1 aromatic heterocycles. The third-order valence-corrected chi connectivity index (χ3v) is 3.77. The highest BCUT2D eigenvalue weighted by molar-refractivity contribution is 5.35. The largest absolute Gasteiger partial charge is 0.463 e. The zero-order valence-corrected chi connectivity index (χ0v) is 13.2. The first-order valence-corrected chi connectivity index (χ1v) is 7.62. The number of aromatic nitrogens is 3. The predicted molar refractivity (Wildman–Crippen MR) is 83.5 cm³/mol. The molecule has 0 radical (unpaired) electrons. The van der Waals surface area contributed by atoms with Crippen LogP contribution in [0.2, 0.25) is 0 Å². The molecule has 0 aliphatic carbocycles. The first-order valence-electron chi connectivity index (χ1n) is 7.62. The van der Waals surface area contributed by atoms with Gasteiger partial charge in [-0.05, 0) is 45.3 Å². The van der Waals surface area contributed by atoms with Crippen molar-refractivity contribution in [2.45, 2.75) is 26.2 Å². The Bertz CT molecular complexity index is 447. The third-order valence-electron chi connectivity index (χ3n) is 3.77. The van der Waals surface area contributed by atoms with Crippen molar-refractivity contribution in [3.05, 3.63) is 0 Å². The molecule has 0 amide bonds. The topological polar surface area (TPSA) is 80.4 Å². The van der Waals surface area contributed by atoms with Crippen LogP contribution in [0, 0.1) is 5.92 Å². The van der Waals surface area contributed by atoms with Gasteiger partial charge >= 0.3 is 6.01 Å². The lowest BCUT2D eigenvalue weighted by molar-refractivity contribution is 0.222. The number of hydrogen-bond acceptors (Lipinski definition) is 7. The van der Waals surface area contributed by atoms with Crippen molar-refractivity contribution < 1.29 is 4.74 Å². The SMILES string of the molecule is CCCOc1nc(N)nc(N(C)CC2CCN(C)CC2)n1. The molecule has 1 aliphatic heterocycles. The average molecular weight is 294 g/mol. The molecule has 0 bridgehead atoms. The first-order chi connectivity index (χ1) is 10.1. The monoisotopic (exact) mass is 294 g/mol. The van der Waals surface area contributed by atoms with E-state index in [9.17, 15) is 0 Å². The fourth-order valence-electron chi connectivity index (χ4n) is 2.50. The summed E-state index contributed by atoms with van der Waals surface area (Å²) in [5.41, 5.74) is 5.74. The Morgan fingerprint density at radius 2 is 2.00 bits per heavy atom. The maximum absolute atomic E-state index is 5.74. The summed E-state index contributed by atoms with van der Waals surface area (Å²) in [6.07, 6.45) is 3.33. The van der Waals surface area contributed by atoms with Gasteiger partial charge in [0.1, 0.15) is 0 Å². The summed E-state index contributed by atoms with van der Waals surface area (Å²) in [6.45, 7) is 5.87. The van der Waals surface area contributed by atoms with Gasteiger partial charge < -0.3 is 20.3 Å². The molecular weight excluding hydrogens is 268 g/mol. The van der Waals surface area contributed by atoms with Gasteiger partial charge in [0, 0.05) is 13.6 Å². The van der Waals surface area contributed by atoms with E-state index in [1.807, 2.05) is 18.9 Å². The third kappa shape index (κ3) is 4.70. The molecule has 1 fully saturated rings. The summed E-state index contributed by atoms with van der Waals surface area (Å²) in [5.74, 6) is 1.47. The van der Waals surface area contributed by atoms with Crippen molar-refractivity contribution in [2.24, 2.45) is 5.92 Å². The zero-order valence-electron chi connectivity index (χ0n) is 13.2. The van der Waals surface area contributed by atoms with Gasteiger partial charge in [0.15, 0.2) is 0 Å². The van der Waals surface area contributed by atoms with Crippen LogP contribution in [-0.2, 0) is 0 Å². The second kappa shape index (κ2) is 7.40. The molecular formula is C14H26N6O. The average Bonchev–Trinajstić information content (AvgIpc) is 2.47. The van der Waals surface area contributed by atoms with Crippen molar-refractivity contribution in [3.8, 4) is 6.01 Å². The molecule has 0 saturated carbocycles. The molecule has 21 heavy (non-hydrogen) atoms. The van der Waals surface area contributed by atoms with Gasteiger partial charge in [-0.15, -0.1) is 0 Å². The van der Waals surface area contributed by atoms with Gasteiger partial charge in [0.2, 0.25) is 11.9 Å². The van der Waals surface area contributed by atoms with Crippen LogP contribution in [0.5, 0.6) is 6.01 Å². The molecule has 7 nitrogen and oxygen atoms in total. The fourth-order valence-corrected chi connectivity index (χ4v) is 2.50. The van der Waals surface area contributed by atoms with Crippen LogP contribution in [0.1, 0.15) is 26.2 Å². The van der Waals surface area contributed by atoms with E-state index in [-0.39, 0.29) is 5.95 Å². The Morgan fingerprint density at radius 1 is 1.29 bits per heavy atom. The predicted octanol–water partition coefficient (Wildman–Crippen LogP) is 1.02. The zero-order chi connectivity index (χ0) is 15.2. The van der Waals surface area contributed by atoms with E-state index in [4.69, 9.17) is 10.5 Å². The summed E-state index contributed by atoms with van der Waals surface area (Å²) in [5, 5.41) is 0. The minimum Gasteiger partial charge on any atom is -0.463 e. The minimum atomic E-state index is 0.210. The highest BCUT2D eigenvalue weighted by Gasteiger charge is 2.20. The number of anilines is 2. The molecule has 2 N–H and O–H groups in total. The second-order valence-corrected chi connectivity index (χ2v) is 5.75. The normalized spacial score (nSPS) is 16.9. The van der Waals surface area contributed by atoms with Gasteiger partial charge in [-0.2, -0.15) is 15.0 Å². The lowest BCUT2D eigenvalue weighted by Gasteiger charge is -2.31. The number of hydrogen-bond donors (Lipinski definition) is 1. The Morgan fingerprint density at radius 3 is 2.67 bits per heavy atom. The highest BCUT2D eigenvalue weighted by atomic mass is 16.5. The Balaban J connectivity index is 1.97. The molecule has 7 heteroatoms.